The molecule has 0 unspecified atom stereocenters. The minimum absolute atomic E-state index is 0.526. The summed E-state index contributed by atoms with van der Waals surface area (Å²) in [6.45, 7) is 2.77. The van der Waals surface area contributed by atoms with E-state index in [1.165, 1.54) is 0 Å². The molecular weight excluding hydrogens is 258 g/mol. The lowest BCUT2D eigenvalue weighted by Crippen LogP contribution is -2.01. The van der Waals surface area contributed by atoms with Gasteiger partial charge in [0.05, 0.1) is 33.2 Å². The zero-order valence-electron chi connectivity index (χ0n) is 12.1. The fourth-order valence-corrected chi connectivity index (χ4v) is 2.14. The number of methoxy groups -OCH3 is 3. The Morgan fingerprint density at radius 3 is 2.30 bits per heavy atom. The smallest absolute Gasteiger partial charge is 0.203 e. The van der Waals surface area contributed by atoms with Crippen molar-refractivity contribution in [1.29, 1.82) is 0 Å². The first-order chi connectivity index (χ1) is 9.67. The van der Waals surface area contributed by atoms with E-state index in [0.29, 0.717) is 28.8 Å². The minimum Gasteiger partial charge on any atom is -0.493 e. The number of hydrogen-bond donors (Lipinski definition) is 1. The number of imidazole rings is 1. The Hall–Kier alpha value is -2.37. The number of anilines is 1. The van der Waals surface area contributed by atoms with Gasteiger partial charge < -0.3 is 24.5 Å². The van der Waals surface area contributed by atoms with Crippen molar-refractivity contribution in [3.63, 3.8) is 0 Å². The molecule has 20 heavy (non-hydrogen) atoms. The van der Waals surface area contributed by atoms with Gasteiger partial charge in [-0.15, -0.1) is 0 Å². The first-order valence-corrected chi connectivity index (χ1v) is 6.27. The Labute approximate surface area is 118 Å². The number of nitrogens with two attached hydrogens (primary N) is 1. The number of nitrogen functional groups attached to an aromatic ring is 1. The van der Waals surface area contributed by atoms with E-state index in [1.807, 2.05) is 17.6 Å². The summed E-state index contributed by atoms with van der Waals surface area (Å²) < 4.78 is 18.0. The molecule has 0 amide bonds. The summed E-state index contributed by atoms with van der Waals surface area (Å²) in [6.07, 6.45) is 1.71. The van der Waals surface area contributed by atoms with E-state index in [9.17, 15) is 0 Å². The normalized spacial score (nSPS) is 10.4. The van der Waals surface area contributed by atoms with Gasteiger partial charge in [0.15, 0.2) is 11.5 Å². The molecule has 0 saturated carbocycles. The van der Waals surface area contributed by atoms with Crippen molar-refractivity contribution in [2.24, 2.45) is 0 Å². The number of ether oxygens (including phenoxy) is 3. The Morgan fingerprint density at radius 1 is 1.10 bits per heavy atom. The molecule has 0 aliphatic heterocycles. The van der Waals surface area contributed by atoms with Gasteiger partial charge in [0.2, 0.25) is 5.75 Å². The topological polar surface area (TPSA) is 71.5 Å². The summed E-state index contributed by atoms with van der Waals surface area (Å²) in [7, 11) is 4.73. The molecule has 2 N–H and O–H groups in total. The van der Waals surface area contributed by atoms with Crippen molar-refractivity contribution in [2.45, 2.75) is 13.5 Å². The minimum atomic E-state index is 0.526. The van der Waals surface area contributed by atoms with E-state index in [2.05, 4.69) is 4.98 Å². The SMILES string of the molecule is CCn1cnc(-c2ccc(OC)c(OC)c2OC)c1N. The lowest BCUT2D eigenvalue weighted by molar-refractivity contribution is 0.325. The summed E-state index contributed by atoms with van der Waals surface area (Å²) in [5.41, 5.74) is 7.55. The van der Waals surface area contributed by atoms with Crippen LogP contribution in [0, 0.1) is 0 Å². The van der Waals surface area contributed by atoms with Crippen LogP contribution in [0.4, 0.5) is 5.82 Å². The van der Waals surface area contributed by atoms with Crippen LogP contribution in [0.5, 0.6) is 17.2 Å². The molecule has 0 spiro atoms. The Morgan fingerprint density at radius 2 is 1.80 bits per heavy atom. The molecule has 6 heteroatoms. The number of benzene rings is 1. The monoisotopic (exact) mass is 277 g/mol. The summed E-state index contributed by atoms with van der Waals surface area (Å²) >= 11 is 0. The molecule has 0 radical (unpaired) electrons. The molecular formula is C14H19N3O3. The maximum atomic E-state index is 6.10. The van der Waals surface area contributed by atoms with E-state index >= 15 is 0 Å². The van der Waals surface area contributed by atoms with Crippen LogP contribution in [-0.2, 0) is 6.54 Å². The van der Waals surface area contributed by atoms with Crippen molar-refractivity contribution >= 4 is 5.82 Å². The van der Waals surface area contributed by atoms with E-state index < -0.39 is 0 Å². The van der Waals surface area contributed by atoms with Crippen LogP contribution in [-0.4, -0.2) is 30.9 Å². The van der Waals surface area contributed by atoms with Crippen LogP contribution in [0.3, 0.4) is 0 Å². The summed E-state index contributed by atoms with van der Waals surface area (Å²) in [5, 5.41) is 0. The lowest BCUT2D eigenvalue weighted by atomic mass is 10.1. The number of aryl methyl sites for hydroxylation is 1. The number of aromatic nitrogens is 2. The van der Waals surface area contributed by atoms with Gasteiger partial charge in [0.25, 0.3) is 0 Å². The second kappa shape index (κ2) is 5.73. The van der Waals surface area contributed by atoms with Crippen molar-refractivity contribution in [1.82, 2.24) is 9.55 Å². The Balaban J connectivity index is 2.64. The molecule has 1 aromatic heterocycles. The summed E-state index contributed by atoms with van der Waals surface area (Å²) in [6, 6.07) is 3.67. The molecule has 2 aromatic rings. The fourth-order valence-electron chi connectivity index (χ4n) is 2.14. The molecule has 0 fully saturated rings. The molecule has 0 saturated heterocycles. The van der Waals surface area contributed by atoms with Gasteiger partial charge in [-0.25, -0.2) is 4.98 Å². The molecule has 0 bridgehead atoms. The van der Waals surface area contributed by atoms with Crippen LogP contribution in [0.1, 0.15) is 6.92 Å². The molecule has 2 rings (SSSR count). The molecule has 1 aromatic carbocycles. The van der Waals surface area contributed by atoms with Crippen LogP contribution in [0.2, 0.25) is 0 Å². The lowest BCUT2D eigenvalue weighted by Gasteiger charge is -2.15. The van der Waals surface area contributed by atoms with Crippen LogP contribution in [0.15, 0.2) is 18.5 Å². The molecule has 0 aliphatic rings. The van der Waals surface area contributed by atoms with E-state index in [1.54, 1.807) is 33.7 Å². The van der Waals surface area contributed by atoms with Crippen molar-refractivity contribution in [2.75, 3.05) is 27.1 Å². The zero-order valence-corrected chi connectivity index (χ0v) is 12.1. The highest BCUT2D eigenvalue weighted by Gasteiger charge is 2.20. The first-order valence-electron chi connectivity index (χ1n) is 6.27. The maximum absolute atomic E-state index is 6.10. The van der Waals surface area contributed by atoms with Crippen molar-refractivity contribution in [3.05, 3.63) is 18.5 Å². The first kappa shape index (κ1) is 14.0. The molecule has 6 nitrogen and oxygen atoms in total. The predicted octanol–water partition coefficient (Wildman–Crippen LogP) is 2.18. The second-order valence-electron chi connectivity index (χ2n) is 4.15. The summed E-state index contributed by atoms with van der Waals surface area (Å²) in [4.78, 5) is 4.36. The third-order valence-corrected chi connectivity index (χ3v) is 3.18. The number of hydrogen-bond acceptors (Lipinski definition) is 5. The van der Waals surface area contributed by atoms with Gasteiger partial charge in [-0.3, -0.25) is 0 Å². The molecule has 0 aliphatic carbocycles. The third-order valence-electron chi connectivity index (χ3n) is 3.18. The average molecular weight is 277 g/mol. The van der Waals surface area contributed by atoms with Crippen LogP contribution < -0.4 is 19.9 Å². The number of rotatable bonds is 5. The van der Waals surface area contributed by atoms with Gasteiger partial charge in [0.1, 0.15) is 11.5 Å². The fraction of sp³-hybridized carbons (Fsp3) is 0.357. The largest absolute Gasteiger partial charge is 0.493 e. The van der Waals surface area contributed by atoms with Gasteiger partial charge in [-0.1, -0.05) is 0 Å². The van der Waals surface area contributed by atoms with E-state index in [-0.39, 0.29) is 0 Å². The third kappa shape index (κ3) is 2.13. The number of nitrogens with zero attached hydrogens (tertiary/aromatic N) is 2. The predicted molar refractivity (Wildman–Crippen MR) is 77.4 cm³/mol. The van der Waals surface area contributed by atoms with Gasteiger partial charge >= 0.3 is 0 Å². The van der Waals surface area contributed by atoms with Gasteiger partial charge in [-0.05, 0) is 19.1 Å². The average Bonchev–Trinajstić information content (AvgIpc) is 2.86. The van der Waals surface area contributed by atoms with E-state index in [0.717, 1.165) is 12.1 Å². The highest BCUT2D eigenvalue weighted by atomic mass is 16.5. The summed E-state index contributed by atoms with van der Waals surface area (Å²) in [5.74, 6) is 2.28. The van der Waals surface area contributed by atoms with Crippen LogP contribution in [0.25, 0.3) is 11.3 Å². The van der Waals surface area contributed by atoms with Gasteiger partial charge in [0, 0.05) is 6.54 Å². The molecule has 0 atom stereocenters. The van der Waals surface area contributed by atoms with Crippen molar-refractivity contribution in [3.8, 4) is 28.5 Å². The second-order valence-corrected chi connectivity index (χ2v) is 4.15. The van der Waals surface area contributed by atoms with Crippen LogP contribution >= 0.6 is 0 Å². The standard InChI is InChI=1S/C14H19N3O3/c1-5-17-8-16-11(14(17)15)9-6-7-10(18-2)13(20-4)12(9)19-3/h6-8H,5,15H2,1-4H3. The molecule has 1 heterocycles. The quantitative estimate of drug-likeness (QED) is 0.907. The van der Waals surface area contributed by atoms with Crippen molar-refractivity contribution < 1.29 is 14.2 Å². The molecule has 108 valence electrons. The Bertz CT molecular complexity index is 608. The van der Waals surface area contributed by atoms with E-state index in [4.69, 9.17) is 19.9 Å². The van der Waals surface area contributed by atoms with Gasteiger partial charge in [-0.2, -0.15) is 0 Å². The Kier molecular flexibility index (Phi) is 4.02. The zero-order chi connectivity index (χ0) is 14.7. The highest BCUT2D eigenvalue weighted by molar-refractivity contribution is 5.79. The maximum Gasteiger partial charge on any atom is 0.203 e. The highest BCUT2D eigenvalue weighted by Crippen LogP contribution is 2.44.